The van der Waals surface area contributed by atoms with Crippen molar-refractivity contribution >= 4 is 11.3 Å². The lowest BCUT2D eigenvalue weighted by atomic mass is 10.1. The molecule has 3 aromatic heterocycles. The van der Waals surface area contributed by atoms with Crippen molar-refractivity contribution in [3.8, 4) is 11.5 Å². The minimum Gasteiger partial charge on any atom is -0.333 e. The molecule has 6 nitrogen and oxygen atoms in total. The van der Waals surface area contributed by atoms with Crippen molar-refractivity contribution in [2.75, 3.05) is 6.54 Å². The molecule has 7 heteroatoms. The lowest BCUT2D eigenvalue weighted by molar-refractivity contribution is 0.246. The molecule has 3 aromatic rings. The monoisotopic (exact) mass is 340 g/mol. The van der Waals surface area contributed by atoms with E-state index in [9.17, 15) is 0 Å². The molecule has 24 heavy (non-hydrogen) atoms. The summed E-state index contributed by atoms with van der Waals surface area (Å²) in [4.78, 5) is 22.0. The van der Waals surface area contributed by atoms with Crippen LogP contribution in [0.4, 0.5) is 0 Å². The number of imidazole rings is 1. The Balaban J connectivity index is 1.68. The number of nitrogens with zero attached hydrogens (tertiary/aromatic N) is 6. The number of hydrogen-bond acceptors (Lipinski definition) is 6. The van der Waals surface area contributed by atoms with E-state index >= 15 is 0 Å². The van der Waals surface area contributed by atoms with Gasteiger partial charge in [-0.15, -0.1) is 11.3 Å². The van der Waals surface area contributed by atoms with E-state index in [1.807, 2.05) is 23.3 Å². The van der Waals surface area contributed by atoms with E-state index in [2.05, 4.69) is 26.8 Å². The minimum atomic E-state index is 0.284. The van der Waals surface area contributed by atoms with Gasteiger partial charge in [0.05, 0.1) is 22.9 Å². The fourth-order valence-electron chi connectivity index (χ4n) is 3.35. The van der Waals surface area contributed by atoms with E-state index in [0.29, 0.717) is 0 Å². The minimum absolute atomic E-state index is 0.284. The third-order valence-electron chi connectivity index (χ3n) is 4.63. The summed E-state index contributed by atoms with van der Waals surface area (Å²) in [6, 6.07) is 0.284. The van der Waals surface area contributed by atoms with Crippen molar-refractivity contribution in [3.05, 3.63) is 46.6 Å². The largest absolute Gasteiger partial charge is 0.333 e. The molecule has 4 heterocycles. The van der Waals surface area contributed by atoms with Crippen LogP contribution in [-0.2, 0) is 13.6 Å². The van der Waals surface area contributed by atoms with Crippen molar-refractivity contribution in [3.63, 3.8) is 0 Å². The predicted molar refractivity (Wildman–Crippen MR) is 93.5 cm³/mol. The molecule has 0 bridgehead atoms. The van der Waals surface area contributed by atoms with Gasteiger partial charge >= 0.3 is 0 Å². The second kappa shape index (κ2) is 6.41. The van der Waals surface area contributed by atoms with Crippen LogP contribution in [0.1, 0.15) is 35.1 Å². The highest BCUT2D eigenvalue weighted by Gasteiger charge is 2.31. The van der Waals surface area contributed by atoms with Gasteiger partial charge in [0.2, 0.25) is 0 Å². The van der Waals surface area contributed by atoms with Crippen LogP contribution in [0.3, 0.4) is 0 Å². The SMILES string of the molecule is Cc1ncsc1CN1CCC[C@@H]1c1nccnc1-c1nccn1C. The lowest BCUT2D eigenvalue weighted by Gasteiger charge is -2.24. The van der Waals surface area contributed by atoms with Crippen LogP contribution in [0.2, 0.25) is 0 Å². The first kappa shape index (κ1) is 15.4. The molecule has 0 amide bonds. The van der Waals surface area contributed by atoms with Gasteiger partial charge in [0.15, 0.2) is 5.82 Å². The number of aryl methyl sites for hydroxylation is 2. The highest BCUT2D eigenvalue weighted by molar-refractivity contribution is 7.09. The van der Waals surface area contributed by atoms with Crippen LogP contribution in [0.25, 0.3) is 11.5 Å². The van der Waals surface area contributed by atoms with Gasteiger partial charge in [0.1, 0.15) is 5.69 Å². The van der Waals surface area contributed by atoms with Gasteiger partial charge in [0.25, 0.3) is 0 Å². The fourth-order valence-corrected chi connectivity index (χ4v) is 4.15. The Kier molecular flexibility index (Phi) is 4.12. The summed E-state index contributed by atoms with van der Waals surface area (Å²) in [7, 11) is 1.99. The molecule has 1 atom stereocenters. The summed E-state index contributed by atoms with van der Waals surface area (Å²) in [6.45, 7) is 4.09. The summed E-state index contributed by atoms with van der Waals surface area (Å²) in [5, 5.41) is 0. The molecule has 1 fully saturated rings. The third-order valence-corrected chi connectivity index (χ3v) is 5.55. The molecule has 1 saturated heterocycles. The maximum absolute atomic E-state index is 4.69. The number of thiazole rings is 1. The van der Waals surface area contributed by atoms with Gasteiger partial charge in [0, 0.05) is 43.3 Å². The van der Waals surface area contributed by atoms with E-state index < -0.39 is 0 Å². The molecule has 1 aliphatic heterocycles. The van der Waals surface area contributed by atoms with Crippen LogP contribution in [-0.4, -0.2) is 35.9 Å². The highest BCUT2D eigenvalue weighted by Crippen LogP contribution is 2.36. The average molecular weight is 340 g/mol. The molecular formula is C17H20N6S. The Bertz CT molecular complexity index is 839. The van der Waals surface area contributed by atoms with Gasteiger partial charge < -0.3 is 4.57 Å². The standard InChI is InChI=1S/C17H20N6S/c1-12-14(24-11-21-12)10-23-8-3-4-13(23)15-16(19-6-5-18-15)17-20-7-9-22(17)2/h5-7,9,11,13H,3-4,8,10H2,1-2H3/t13-/m1/s1. The Hall–Kier alpha value is -2.12. The van der Waals surface area contributed by atoms with Gasteiger partial charge in [-0.1, -0.05) is 0 Å². The van der Waals surface area contributed by atoms with E-state index in [1.54, 1.807) is 29.9 Å². The van der Waals surface area contributed by atoms with Crippen molar-refractivity contribution in [1.29, 1.82) is 0 Å². The second-order valence-corrected chi connectivity index (χ2v) is 7.08. The van der Waals surface area contributed by atoms with Crippen LogP contribution in [0, 0.1) is 6.92 Å². The smallest absolute Gasteiger partial charge is 0.160 e. The van der Waals surface area contributed by atoms with Crippen LogP contribution in [0.15, 0.2) is 30.3 Å². The first-order valence-corrected chi connectivity index (χ1v) is 9.03. The summed E-state index contributed by atoms with van der Waals surface area (Å²) in [5.41, 5.74) is 4.99. The molecule has 0 aliphatic carbocycles. The number of rotatable bonds is 4. The van der Waals surface area contributed by atoms with Crippen LogP contribution in [0.5, 0.6) is 0 Å². The average Bonchev–Trinajstić information content (AvgIpc) is 3.31. The van der Waals surface area contributed by atoms with Crippen LogP contribution < -0.4 is 0 Å². The molecule has 4 rings (SSSR count). The Morgan fingerprint density at radius 2 is 2.04 bits per heavy atom. The van der Waals surface area contributed by atoms with E-state index in [-0.39, 0.29) is 6.04 Å². The van der Waals surface area contributed by atoms with E-state index in [4.69, 9.17) is 4.98 Å². The molecule has 0 spiro atoms. The van der Waals surface area contributed by atoms with Gasteiger partial charge in [-0.25, -0.2) is 15.0 Å². The molecule has 0 aromatic carbocycles. The first-order valence-electron chi connectivity index (χ1n) is 8.15. The molecule has 0 radical (unpaired) electrons. The van der Waals surface area contributed by atoms with Gasteiger partial charge in [-0.2, -0.15) is 0 Å². The Morgan fingerprint density at radius 3 is 2.79 bits per heavy atom. The van der Waals surface area contributed by atoms with Crippen molar-refractivity contribution in [1.82, 2.24) is 29.4 Å². The molecular weight excluding hydrogens is 320 g/mol. The van der Waals surface area contributed by atoms with Crippen molar-refractivity contribution in [2.24, 2.45) is 7.05 Å². The van der Waals surface area contributed by atoms with Gasteiger partial charge in [-0.05, 0) is 26.3 Å². The fraction of sp³-hybridized carbons (Fsp3) is 0.412. The molecule has 0 N–H and O–H groups in total. The number of aromatic nitrogens is 5. The predicted octanol–water partition coefficient (Wildman–Crippen LogP) is 2.98. The summed E-state index contributed by atoms with van der Waals surface area (Å²) in [5.74, 6) is 0.874. The quantitative estimate of drug-likeness (QED) is 0.731. The Labute approximate surface area is 145 Å². The third kappa shape index (κ3) is 2.74. The number of likely N-dealkylation sites (tertiary alicyclic amines) is 1. The topological polar surface area (TPSA) is 59.7 Å². The maximum atomic E-state index is 4.69. The zero-order valence-electron chi connectivity index (χ0n) is 13.9. The summed E-state index contributed by atoms with van der Waals surface area (Å²) >= 11 is 1.73. The van der Waals surface area contributed by atoms with E-state index in [0.717, 1.165) is 42.4 Å². The van der Waals surface area contributed by atoms with Crippen molar-refractivity contribution < 1.29 is 0 Å². The van der Waals surface area contributed by atoms with E-state index in [1.165, 1.54) is 11.3 Å². The lowest BCUT2D eigenvalue weighted by Crippen LogP contribution is -2.24. The highest BCUT2D eigenvalue weighted by atomic mass is 32.1. The van der Waals surface area contributed by atoms with Gasteiger partial charge in [-0.3, -0.25) is 9.88 Å². The van der Waals surface area contributed by atoms with Crippen molar-refractivity contribution in [2.45, 2.75) is 32.4 Å². The molecule has 124 valence electrons. The maximum Gasteiger partial charge on any atom is 0.160 e. The first-order chi connectivity index (χ1) is 11.7. The number of hydrogen-bond donors (Lipinski definition) is 0. The zero-order valence-corrected chi connectivity index (χ0v) is 14.7. The normalized spacial score (nSPS) is 18.3. The zero-order chi connectivity index (χ0) is 16.5. The second-order valence-electron chi connectivity index (χ2n) is 6.14. The molecule has 1 aliphatic rings. The van der Waals surface area contributed by atoms with Crippen LogP contribution >= 0.6 is 11.3 Å². The summed E-state index contributed by atoms with van der Waals surface area (Å²) < 4.78 is 2.00. The molecule has 0 saturated carbocycles. The molecule has 0 unspecified atom stereocenters. The summed E-state index contributed by atoms with van der Waals surface area (Å²) in [6.07, 6.45) is 9.57. The Morgan fingerprint density at radius 1 is 1.17 bits per heavy atom.